The number of thioether (sulfide) groups is 1. The molecule has 1 aromatic rings. The zero-order valence-electron chi connectivity index (χ0n) is 10.4. The smallest absolute Gasteiger partial charge is 0.289 e. The molecular formula is C14H13F3OS. The van der Waals surface area contributed by atoms with Crippen LogP contribution in [0, 0.1) is 0 Å². The predicted octanol–water partition coefficient (Wildman–Crippen LogP) is 4.72. The van der Waals surface area contributed by atoms with Crippen LogP contribution in [0.15, 0.2) is 28.7 Å². The van der Waals surface area contributed by atoms with E-state index < -0.39 is 12.6 Å². The van der Waals surface area contributed by atoms with Crippen LogP contribution in [0.3, 0.4) is 0 Å². The Morgan fingerprint density at radius 2 is 2.00 bits per heavy atom. The van der Waals surface area contributed by atoms with Gasteiger partial charge in [0.25, 0.3) is 0 Å². The summed E-state index contributed by atoms with van der Waals surface area (Å²) in [5.74, 6) is -0.134. The zero-order chi connectivity index (χ0) is 14.0. The van der Waals surface area contributed by atoms with Crippen molar-refractivity contribution in [1.29, 1.82) is 0 Å². The summed E-state index contributed by atoms with van der Waals surface area (Å²) < 4.78 is 36.2. The first kappa shape index (κ1) is 14.2. The van der Waals surface area contributed by atoms with Crippen molar-refractivity contribution in [3.05, 3.63) is 34.9 Å². The Kier molecular flexibility index (Phi) is 4.04. The Bertz CT molecular complexity index is 532. The van der Waals surface area contributed by atoms with Crippen molar-refractivity contribution in [3.63, 3.8) is 0 Å². The van der Waals surface area contributed by atoms with E-state index in [4.69, 9.17) is 0 Å². The van der Waals surface area contributed by atoms with Gasteiger partial charge < -0.3 is 0 Å². The molecule has 5 heteroatoms. The van der Waals surface area contributed by atoms with Gasteiger partial charge in [0.05, 0.1) is 0 Å². The van der Waals surface area contributed by atoms with Crippen molar-refractivity contribution in [2.45, 2.75) is 30.3 Å². The number of alkyl halides is 3. The van der Waals surface area contributed by atoms with Gasteiger partial charge in [-0.3, -0.25) is 4.79 Å². The molecule has 0 bridgehead atoms. The Balaban J connectivity index is 2.07. The van der Waals surface area contributed by atoms with Crippen LogP contribution in [0.5, 0.6) is 0 Å². The number of allylic oxidation sites excluding steroid dienone is 1. The maximum atomic E-state index is 12.1. The first-order valence-electron chi connectivity index (χ1n) is 5.91. The fraction of sp³-hybridized carbons (Fsp3) is 0.357. The Hall–Kier alpha value is -1.23. The standard InChI is InChI=1S/C14H13F3OS/c1-19-11-4-5-12-10(8-11)7-9(13(12)18)3-2-6-14(15,16)17/h4-5,7-8H,2-3,6H2,1H3. The van der Waals surface area contributed by atoms with E-state index in [1.807, 2.05) is 18.4 Å². The molecule has 0 aliphatic heterocycles. The van der Waals surface area contributed by atoms with Crippen LogP contribution in [0.4, 0.5) is 13.2 Å². The van der Waals surface area contributed by atoms with Gasteiger partial charge in [-0.1, -0.05) is 0 Å². The molecule has 0 saturated heterocycles. The van der Waals surface area contributed by atoms with Gasteiger partial charge in [0.2, 0.25) is 0 Å². The van der Waals surface area contributed by atoms with Gasteiger partial charge in [-0.15, -0.1) is 11.8 Å². The monoisotopic (exact) mass is 286 g/mol. The molecule has 0 aromatic heterocycles. The summed E-state index contributed by atoms with van der Waals surface area (Å²) in [6, 6.07) is 5.50. The lowest BCUT2D eigenvalue weighted by Gasteiger charge is -2.05. The maximum absolute atomic E-state index is 12.1. The molecule has 0 heterocycles. The lowest BCUT2D eigenvalue weighted by Crippen LogP contribution is -2.07. The largest absolute Gasteiger partial charge is 0.389 e. The molecule has 0 unspecified atom stereocenters. The number of hydrogen-bond acceptors (Lipinski definition) is 2. The quantitative estimate of drug-likeness (QED) is 0.745. The number of hydrogen-bond donors (Lipinski definition) is 0. The highest BCUT2D eigenvalue weighted by atomic mass is 32.2. The van der Waals surface area contributed by atoms with Gasteiger partial charge >= 0.3 is 6.18 Å². The SMILES string of the molecule is CSc1ccc2c(c1)C=C(CCCC(F)(F)F)C2=O. The third-order valence-electron chi connectivity index (χ3n) is 3.03. The number of carbonyl (C=O) groups excluding carboxylic acids is 1. The number of Topliss-reactive ketones (excluding diaryl/α,β-unsaturated/α-hetero) is 1. The Morgan fingerprint density at radius 3 is 2.63 bits per heavy atom. The molecule has 0 saturated carbocycles. The number of halogens is 3. The highest BCUT2D eigenvalue weighted by Crippen LogP contribution is 2.32. The van der Waals surface area contributed by atoms with Crippen molar-refractivity contribution < 1.29 is 18.0 Å². The summed E-state index contributed by atoms with van der Waals surface area (Å²) in [4.78, 5) is 13.0. The van der Waals surface area contributed by atoms with E-state index in [1.54, 1.807) is 23.9 Å². The molecule has 0 atom stereocenters. The second kappa shape index (κ2) is 5.41. The summed E-state index contributed by atoms with van der Waals surface area (Å²) in [5, 5.41) is 0. The summed E-state index contributed by atoms with van der Waals surface area (Å²) in [6.07, 6.45) is -1.20. The van der Waals surface area contributed by atoms with Gasteiger partial charge in [0.1, 0.15) is 0 Å². The van der Waals surface area contributed by atoms with E-state index in [0.717, 1.165) is 10.5 Å². The average Bonchev–Trinajstić information content (AvgIpc) is 2.64. The number of fused-ring (bicyclic) bond motifs is 1. The van der Waals surface area contributed by atoms with Crippen LogP contribution in [0.25, 0.3) is 6.08 Å². The molecule has 1 aliphatic rings. The highest BCUT2D eigenvalue weighted by molar-refractivity contribution is 7.98. The lowest BCUT2D eigenvalue weighted by atomic mass is 10.0. The van der Waals surface area contributed by atoms with E-state index in [-0.39, 0.29) is 18.6 Å². The first-order chi connectivity index (χ1) is 8.90. The van der Waals surface area contributed by atoms with Crippen LogP contribution in [-0.2, 0) is 0 Å². The fourth-order valence-corrected chi connectivity index (χ4v) is 2.53. The highest BCUT2D eigenvalue weighted by Gasteiger charge is 2.28. The summed E-state index contributed by atoms with van der Waals surface area (Å²) in [7, 11) is 0. The Morgan fingerprint density at radius 1 is 1.26 bits per heavy atom. The predicted molar refractivity (Wildman–Crippen MR) is 70.4 cm³/mol. The van der Waals surface area contributed by atoms with E-state index in [1.165, 1.54) is 0 Å². The molecule has 2 rings (SSSR count). The number of carbonyl (C=O) groups is 1. The van der Waals surface area contributed by atoms with Crippen LogP contribution in [-0.4, -0.2) is 18.2 Å². The van der Waals surface area contributed by atoms with Crippen LogP contribution < -0.4 is 0 Å². The van der Waals surface area contributed by atoms with Crippen molar-refractivity contribution >= 4 is 23.6 Å². The minimum atomic E-state index is -4.15. The van der Waals surface area contributed by atoms with Crippen LogP contribution in [0.2, 0.25) is 0 Å². The molecule has 1 nitrogen and oxygen atoms in total. The van der Waals surface area contributed by atoms with Gasteiger partial charge in [0, 0.05) is 22.5 Å². The zero-order valence-corrected chi connectivity index (χ0v) is 11.2. The number of benzene rings is 1. The van der Waals surface area contributed by atoms with E-state index in [2.05, 4.69) is 0 Å². The van der Waals surface area contributed by atoms with Crippen molar-refractivity contribution in [3.8, 4) is 0 Å². The topological polar surface area (TPSA) is 17.1 Å². The Labute approximate surface area is 113 Å². The third kappa shape index (κ3) is 3.41. The molecule has 1 aromatic carbocycles. The molecule has 1 aliphatic carbocycles. The van der Waals surface area contributed by atoms with E-state index >= 15 is 0 Å². The molecular weight excluding hydrogens is 273 g/mol. The molecule has 102 valence electrons. The van der Waals surface area contributed by atoms with Gasteiger partial charge in [-0.2, -0.15) is 13.2 Å². The first-order valence-corrected chi connectivity index (χ1v) is 7.13. The molecule has 0 N–H and O–H groups in total. The van der Waals surface area contributed by atoms with Crippen molar-refractivity contribution in [2.24, 2.45) is 0 Å². The van der Waals surface area contributed by atoms with E-state index in [0.29, 0.717) is 11.1 Å². The normalized spacial score (nSPS) is 14.5. The van der Waals surface area contributed by atoms with Gasteiger partial charge in [0.15, 0.2) is 5.78 Å². The third-order valence-corrected chi connectivity index (χ3v) is 3.76. The average molecular weight is 286 g/mol. The summed E-state index contributed by atoms with van der Waals surface area (Å²) in [6.45, 7) is 0. The minimum Gasteiger partial charge on any atom is -0.289 e. The lowest BCUT2D eigenvalue weighted by molar-refractivity contribution is -0.135. The fourth-order valence-electron chi connectivity index (χ4n) is 2.09. The number of rotatable bonds is 4. The summed E-state index contributed by atoms with van der Waals surface area (Å²) >= 11 is 1.57. The molecule has 0 spiro atoms. The second-order valence-electron chi connectivity index (χ2n) is 4.42. The molecule has 0 amide bonds. The van der Waals surface area contributed by atoms with E-state index in [9.17, 15) is 18.0 Å². The second-order valence-corrected chi connectivity index (χ2v) is 5.30. The van der Waals surface area contributed by atoms with Crippen molar-refractivity contribution in [2.75, 3.05) is 6.26 Å². The maximum Gasteiger partial charge on any atom is 0.389 e. The van der Waals surface area contributed by atoms with Gasteiger partial charge in [-0.25, -0.2) is 0 Å². The number of ketones is 1. The molecule has 19 heavy (non-hydrogen) atoms. The van der Waals surface area contributed by atoms with Crippen LogP contribution in [0.1, 0.15) is 35.2 Å². The van der Waals surface area contributed by atoms with Crippen LogP contribution >= 0.6 is 11.8 Å². The van der Waals surface area contributed by atoms with Crippen molar-refractivity contribution in [1.82, 2.24) is 0 Å². The summed E-state index contributed by atoms with van der Waals surface area (Å²) in [5.41, 5.74) is 1.90. The molecule has 0 radical (unpaired) electrons. The molecule has 0 fully saturated rings. The minimum absolute atomic E-state index is 0.0373. The van der Waals surface area contributed by atoms with Gasteiger partial charge in [-0.05, 0) is 48.9 Å².